The third kappa shape index (κ3) is 1.74. The van der Waals surface area contributed by atoms with E-state index in [1.54, 1.807) is 18.2 Å². The van der Waals surface area contributed by atoms with Crippen LogP contribution in [0, 0.1) is 0 Å². The van der Waals surface area contributed by atoms with E-state index in [0.717, 1.165) is 0 Å². The van der Waals surface area contributed by atoms with Crippen molar-refractivity contribution < 1.29 is 13.4 Å². The van der Waals surface area contributed by atoms with E-state index in [4.69, 9.17) is 9.15 Å². The Bertz CT molecular complexity index is 615. The molecule has 0 spiro atoms. The van der Waals surface area contributed by atoms with Gasteiger partial charge in [-0.25, -0.2) is 0 Å². The zero-order valence-corrected chi connectivity index (χ0v) is 9.67. The van der Waals surface area contributed by atoms with Gasteiger partial charge < -0.3 is 9.15 Å². The molecule has 0 aliphatic heterocycles. The predicted octanol–water partition coefficient (Wildman–Crippen LogP) is 1.54. The van der Waals surface area contributed by atoms with Crippen LogP contribution in [0.1, 0.15) is 0 Å². The second-order valence-corrected chi connectivity index (χ2v) is 4.53. The van der Waals surface area contributed by atoms with E-state index in [1.165, 1.54) is 19.4 Å². The van der Waals surface area contributed by atoms with Gasteiger partial charge in [-0.3, -0.25) is 9.00 Å². The third-order valence-corrected chi connectivity index (χ3v) is 2.96. The molecule has 1 atom stereocenters. The number of ether oxygens (including phenoxy) is 1. The summed E-state index contributed by atoms with van der Waals surface area (Å²) in [7, 11) is 0.175. The Hall–Kier alpha value is -1.62. The SMILES string of the molecule is COc1cccc2oc(S(C)=O)cc(=O)c12. The minimum atomic E-state index is -1.31. The van der Waals surface area contributed by atoms with E-state index < -0.39 is 10.8 Å². The largest absolute Gasteiger partial charge is 0.496 e. The Morgan fingerprint density at radius 2 is 2.12 bits per heavy atom. The van der Waals surface area contributed by atoms with Crippen LogP contribution in [0.15, 0.2) is 38.6 Å². The lowest BCUT2D eigenvalue weighted by atomic mass is 10.2. The van der Waals surface area contributed by atoms with Crippen LogP contribution in [0.3, 0.4) is 0 Å². The first kappa shape index (κ1) is 10.9. The van der Waals surface area contributed by atoms with Gasteiger partial charge >= 0.3 is 0 Å². The summed E-state index contributed by atoms with van der Waals surface area (Å²) in [5, 5.41) is 0.546. The molecule has 0 saturated carbocycles. The quantitative estimate of drug-likeness (QED) is 0.796. The molecular weight excluding hydrogens is 228 g/mol. The molecule has 5 heteroatoms. The van der Waals surface area contributed by atoms with Gasteiger partial charge in [-0.15, -0.1) is 0 Å². The first-order valence-electron chi connectivity index (χ1n) is 4.58. The fourth-order valence-corrected chi connectivity index (χ4v) is 1.95. The maximum atomic E-state index is 11.8. The van der Waals surface area contributed by atoms with Crippen LogP contribution in [-0.2, 0) is 10.8 Å². The summed E-state index contributed by atoms with van der Waals surface area (Å²) in [6.07, 6.45) is 1.46. The standard InChI is InChI=1S/C11H10O4S/c1-14-8-4-3-5-9-11(8)7(12)6-10(15-9)16(2)13/h3-6H,1-2H3. The molecule has 84 valence electrons. The summed E-state index contributed by atoms with van der Waals surface area (Å²) < 4.78 is 21.7. The summed E-state index contributed by atoms with van der Waals surface area (Å²) >= 11 is 0. The van der Waals surface area contributed by atoms with E-state index in [0.29, 0.717) is 16.7 Å². The smallest absolute Gasteiger partial charge is 0.197 e. The zero-order valence-electron chi connectivity index (χ0n) is 8.85. The van der Waals surface area contributed by atoms with E-state index in [-0.39, 0.29) is 10.5 Å². The second kappa shape index (κ2) is 4.09. The average Bonchev–Trinajstić information content (AvgIpc) is 2.27. The fraction of sp³-hybridized carbons (Fsp3) is 0.182. The second-order valence-electron chi connectivity index (χ2n) is 3.22. The van der Waals surface area contributed by atoms with Crippen molar-refractivity contribution in [1.29, 1.82) is 0 Å². The van der Waals surface area contributed by atoms with Crippen molar-refractivity contribution in [1.82, 2.24) is 0 Å². The van der Waals surface area contributed by atoms with Crippen molar-refractivity contribution in [2.24, 2.45) is 0 Å². The van der Waals surface area contributed by atoms with Crippen LogP contribution in [0.2, 0.25) is 0 Å². The Morgan fingerprint density at radius 1 is 1.38 bits per heavy atom. The fourth-order valence-electron chi connectivity index (χ4n) is 1.47. The van der Waals surface area contributed by atoms with Crippen molar-refractivity contribution in [3.63, 3.8) is 0 Å². The van der Waals surface area contributed by atoms with Crippen LogP contribution in [0.4, 0.5) is 0 Å². The van der Waals surface area contributed by atoms with Gasteiger partial charge in [0.15, 0.2) is 10.5 Å². The predicted molar refractivity (Wildman–Crippen MR) is 61.4 cm³/mol. The highest BCUT2D eigenvalue weighted by Gasteiger charge is 2.10. The minimum absolute atomic E-state index is 0.172. The highest BCUT2D eigenvalue weighted by Crippen LogP contribution is 2.23. The number of hydrogen-bond donors (Lipinski definition) is 0. The molecule has 2 aromatic rings. The molecule has 0 radical (unpaired) electrons. The molecule has 0 aliphatic rings. The zero-order chi connectivity index (χ0) is 11.7. The lowest BCUT2D eigenvalue weighted by Crippen LogP contribution is -2.04. The van der Waals surface area contributed by atoms with E-state index in [9.17, 15) is 9.00 Å². The lowest BCUT2D eigenvalue weighted by Gasteiger charge is -2.04. The Morgan fingerprint density at radius 3 is 2.75 bits per heavy atom. The van der Waals surface area contributed by atoms with E-state index in [1.807, 2.05) is 0 Å². The Kier molecular flexibility index (Phi) is 2.78. The summed E-state index contributed by atoms with van der Waals surface area (Å²) in [6.45, 7) is 0. The maximum absolute atomic E-state index is 11.8. The molecular formula is C11H10O4S. The van der Waals surface area contributed by atoms with Gasteiger partial charge in [-0.05, 0) is 12.1 Å². The van der Waals surface area contributed by atoms with Crippen molar-refractivity contribution >= 4 is 21.8 Å². The monoisotopic (exact) mass is 238 g/mol. The molecule has 4 nitrogen and oxygen atoms in total. The van der Waals surface area contributed by atoms with Crippen LogP contribution in [0.25, 0.3) is 11.0 Å². The number of rotatable bonds is 2. The molecule has 0 aliphatic carbocycles. The lowest BCUT2D eigenvalue weighted by molar-refractivity contribution is 0.417. The summed E-state index contributed by atoms with van der Waals surface area (Å²) in [6, 6.07) is 6.28. The van der Waals surface area contributed by atoms with E-state index in [2.05, 4.69) is 0 Å². The van der Waals surface area contributed by atoms with Crippen LogP contribution < -0.4 is 10.2 Å². The molecule has 1 unspecified atom stereocenters. The highest BCUT2D eigenvalue weighted by molar-refractivity contribution is 7.84. The van der Waals surface area contributed by atoms with E-state index >= 15 is 0 Å². The molecule has 16 heavy (non-hydrogen) atoms. The van der Waals surface area contributed by atoms with Crippen LogP contribution in [0.5, 0.6) is 5.75 Å². The molecule has 2 rings (SSSR count). The van der Waals surface area contributed by atoms with Crippen molar-refractivity contribution in [2.75, 3.05) is 13.4 Å². The van der Waals surface area contributed by atoms with Gasteiger partial charge in [0.2, 0.25) is 0 Å². The normalized spacial score (nSPS) is 12.6. The maximum Gasteiger partial charge on any atom is 0.197 e. The number of benzene rings is 1. The molecule has 0 amide bonds. The van der Waals surface area contributed by atoms with Gasteiger partial charge in [0, 0.05) is 12.3 Å². The summed E-state index contributed by atoms with van der Waals surface area (Å²) in [5.74, 6) is 0.458. The molecule has 1 heterocycles. The van der Waals surface area contributed by atoms with Crippen LogP contribution >= 0.6 is 0 Å². The molecule has 1 aromatic carbocycles. The third-order valence-electron chi connectivity index (χ3n) is 2.20. The van der Waals surface area contributed by atoms with Gasteiger partial charge in [-0.1, -0.05) is 6.07 Å². The highest BCUT2D eigenvalue weighted by atomic mass is 32.2. The van der Waals surface area contributed by atoms with Gasteiger partial charge in [0.1, 0.15) is 16.7 Å². The Labute approximate surface area is 94.3 Å². The first-order valence-corrected chi connectivity index (χ1v) is 6.13. The summed E-state index contributed by atoms with van der Waals surface area (Å²) in [5.41, 5.74) is 0.140. The number of hydrogen-bond acceptors (Lipinski definition) is 4. The van der Waals surface area contributed by atoms with Crippen LogP contribution in [-0.4, -0.2) is 17.6 Å². The van der Waals surface area contributed by atoms with Crippen molar-refractivity contribution in [2.45, 2.75) is 5.09 Å². The molecule has 0 fully saturated rings. The Balaban J connectivity index is 2.86. The number of methoxy groups -OCH3 is 1. The number of fused-ring (bicyclic) bond motifs is 1. The van der Waals surface area contributed by atoms with Gasteiger partial charge in [0.25, 0.3) is 0 Å². The van der Waals surface area contributed by atoms with Gasteiger partial charge in [-0.2, -0.15) is 0 Å². The topological polar surface area (TPSA) is 56.5 Å². The molecule has 0 bridgehead atoms. The van der Waals surface area contributed by atoms with Gasteiger partial charge in [0.05, 0.1) is 17.9 Å². The minimum Gasteiger partial charge on any atom is -0.496 e. The molecule has 1 aromatic heterocycles. The average molecular weight is 238 g/mol. The summed E-state index contributed by atoms with van der Waals surface area (Å²) in [4.78, 5) is 11.8. The first-order chi connectivity index (χ1) is 7.63. The molecule has 0 N–H and O–H groups in total. The van der Waals surface area contributed by atoms with Crippen molar-refractivity contribution in [3.05, 3.63) is 34.5 Å². The van der Waals surface area contributed by atoms with Crippen molar-refractivity contribution in [3.8, 4) is 5.75 Å². The molecule has 0 saturated heterocycles.